The lowest BCUT2D eigenvalue weighted by atomic mass is 9.70. The van der Waals surface area contributed by atoms with Crippen molar-refractivity contribution >= 4 is 11.9 Å². The predicted molar refractivity (Wildman–Crippen MR) is 74.0 cm³/mol. The fourth-order valence-corrected chi connectivity index (χ4v) is 3.23. The monoisotopic (exact) mass is 238 g/mol. The van der Waals surface area contributed by atoms with Gasteiger partial charge in [0.1, 0.15) is 0 Å². The standard InChI is InChI=1S/C17H18O/c1-16(2)14-10-15(18)17(16,3)11-13(14)9-12-7-5-4-6-8-12/h4-10H,11H2,1-3H3. The van der Waals surface area contributed by atoms with Crippen LogP contribution in [0.25, 0.3) is 6.08 Å². The molecule has 0 aromatic heterocycles. The molecule has 18 heavy (non-hydrogen) atoms. The largest absolute Gasteiger partial charge is 0.294 e. The molecule has 0 saturated heterocycles. The van der Waals surface area contributed by atoms with Gasteiger partial charge >= 0.3 is 0 Å². The SMILES string of the molecule is CC1(C)C2=CC(=O)C1(C)CC2=Cc1ccccc1. The lowest BCUT2D eigenvalue weighted by Crippen LogP contribution is -2.32. The van der Waals surface area contributed by atoms with Crippen LogP contribution in [-0.2, 0) is 4.79 Å². The molecule has 3 rings (SSSR count). The molecule has 1 aromatic rings. The van der Waals surface area contributed by atoms with E-state index in [1.165, 1.54) is 16.7 Å². The third kappa shape index (κ3) is 1.30. The van der Waals surface area contributed by atoms with Gasteiger partial charge in [-0.2, -0.15) is 0 Å². The Morgan fingerprint density at radius 2 is 1.78 bits per heavy atom. The van der Waals surface area contributed by atoms with Crippen molar-refractivity contribution < 1.29 is 4.79 Å². The van der Waals surface area contributed by atoms with Gasteiger partial charge in [0, 0.05) is 10.8 Å². The number of allylic oxidation sites excluding steroid dienone is 3. The topological polar surface area (TPSA) is 17.1 Å². The molecular formula is C17H18O. The first-order chi connectivity index (χ1) is 8.45. The highest BCUT2D eigenvalue weighted by atomic mass is 16.1. The summed E-state index contributed by atoms with van der Waals surface area (Å²) in [5, 5.41) is 0. The smallest absolute Gasteiger partial charge is 0.163 e. The van der Waals surface area contributed by atoms with Crippen LogP contribution in [-0.4, -0.2) is 5.78 Å². The molecule has 1 atom stereocenters. The number of hydrogen-bond acceptors (Lipinski definition) is 1. The number of ketones is 1. The predicted octanol–water partition coefficient (Wildman–Crippen LogP) is 4.02. The Morgan fingerprint density at radius 1 is 1.11 bits per heavy atom. The van der Waals surface area contributed by atoms with E-state index < -0.39 is 0 Å². The second kappa shape index (κ2) is 3.44. The van der Waals surface area contributed by atoms with Gasteiger partial charge in [-0.3, -0.25) is 4.79 Å². The van der Waals surface area contributed by atoms with Crippen molar-refractivity contribution in [2.24, 2.45) is 10.8 Å². The van der Waals surface area contributed by atoms with Crippen molar-refractivity contribution in [3.05, 3.63) is 53.1 Å². The van der Waals surface area contributed by atoms with Crippen LogP contribution in [0.5, 0.6) is 0 Å². The lowest BCUT2D eigenvalue weighted by molar-refractivity contribution is -0.125. The molecule has 0 aliphatic heterocycles. The molecule has 1 nitrogen and oxygen atoms in total. The maximum absolute atomic E-state index is 12.1. The molecule has 1 fully saturated rings. The molecule has 1 saturated carbocycles. The van der Waals surface area contributed by atoms with Crippen molar-refractivity contribution in [2.75, 3.05) is 0 Å². The Morgan fingerprint density at radius 3 is 2.28 bits per heavy atom. The van der Waals surface area contributed by atoms with Crippen LogP contribution >= 0.6 is 0 Å². The van der Waals surface area contributed by atoms with Crippen LogP contribution in [0.1, 0.15) is 32.8 Å². The molecule has 2 aliphatic carbocycles. The average molecular weight is 238 g/mol. The molecule has 92 valence electrons. The zero-order valence-corrected chi connectivity index (χ0v) is 11.2. The molecule has 0 spiro atoms. The van der Waals surface area contributed by atoms with E-state index in [9.17, 15) is 4.79 Å². The molecule has 0 heterocycles. The molecule has 1 aromatic carbocycles. The maximum Gasteiger partial charge on any atom is 0.163 e. The number of hydrogen-bond donors (Lipinski definition) is 0. The van der Waals surface area contributed by atoms with Crippen LogP contribution in [0.15, 0.2) is 47.6 Å². The van der Waals surface area contributed by atoms with Crippen LogP contribution in [0.4, 0.5) is 0 Å². The molecule has 0 N–H and O–H groups in total. The highest BCUT2D eigenvalue weighted by Crippen LogP contribution is 2.63. The second-order valence-corrected chi connectivity index (χ2v) is 6.14. The Kier molecular flexibility index (Phi) is 2.19. The van der Waals surface area contributed by atoms with Gasteiger partial charge in [-0.25, -0.2) is 0 Å². The van der Waals surface area contributed by atoms with Gasteiger partial charge in [-0.1, -0.05) is 57.2 Å². The molecule has 1 heteroatoms. The van der Waals surface area contributed by atoms with Gasteiger partial charge < -0.3 is 0 Å². The van der Waals surface area contributed by atoms with Crippen molar-refractivity contribution in [2.45, 2.75) is 27.2 Å². The molecule has 2 bridgehead atoms. The van der Waals surface area contributed by atoms with Crippen molar-refractivity contribution in [3.63, 3.8) is 0 Å². The van der Waals surface area contributed by atoms with Crippen molar-refractivity contribution in [1.29, 1.82) is 0 Å². The van der Waals surface area contributed by atoms with E-state index in [1.807, 2.05) is 24.3 Å². The molecule has 1 unspecified atom stereocenters. The van der Waals surface area contributed by atoms with Gasteiger partial charge in [0.05, 0.1) is 0 Å². The Labute approximate surface area is 108 Å². The first kappa shape index (κ1) is 11.5. The molecular weight excluding hydrogens is 220 g/mol. The van der Waals surface area contributed by atoms with E-state index in [0.717, 1.165) is 6.42 Å². The van der Waals surface area contributed by atoms with Gasteiger partial charge in [-0.15, -0.1) is 0 Å². The van der Waals surface area contributed by atoms with E-state index in [-0.39, 0.29) is 10.8 Å². The Balaban J connectivity index is 2.08. The summed E-state index contributed by atoms with van der Waals surface area (Å²) >= 11 is 0. The molecule has 2 aliphatic rings. The number of rotatable bonds is 1. The minimum atomic E-state index is -0.233. The third-order valence-corrected chi connectivity index (χ3v) is 4.90. The van der Waals surface area contributed by atoms with E-state index in [4.69, 9.17) is 0 Å². The van der Waals surface area contributed by atoms with Crippen LogP contribution < -0.4 is 0 Å². The van der Waals surface area contributed by atoms with Gasteiger partial charge in [0.15, 0.2) is 5.78 Å². The third-order valence-electron chi connectivity index (χ3n) is 4.90. The first-order valence-electron chi connectivity index (χ1n) is 6.48. The fourth-order valence-electron chi connectivity index (χ4n) is 3.23. The summed E-state index contributed by atoms with van der Waals surface area (Å²) in [5.41, 5.74) is 3.52. The van der Waals surface area contributed by atoms with Gasteiger partial charge in [-0.05, 0) is 29.2 Å². The molecule has 0 amide bonds. The van der Waals surface area contributed by atoms with E-state index >= 15 is 0 Å². The second-order valence-electron chi connectivity index (χ2n) is 6.14. The van der Waals surface area contributed by atoms with Crippen molar-refractivity contribution in [1.82, 2.24) is 0 Å². The van der Waals surface area contributed by atoms with E-state index in [2.05, 4.69) is 39.0 Å². The van der Waals surface area contributed by atoms with Gasteiger partial charge in [0.2, 0.25) is 0 Å². The maximum atomic E-state index is 12.1. The van der Waals surface area contributed by atoms with Crippen LogP contribution in [0.3, 0.4) is 0 Å². The number of fused-ring (bicyclic) bond motifs is 2. The highest BCUT2D eigenvalue weighted by molar-refractivity contribution is 6.03. The highest BCUT2D eigenvalue weighted by Gasteiger charge is 2.58. The van der Waals surface area contributed by atoms with Gasteiger partial charge in [0.25, 0.3) is 0 Å². The summed E-state index contributed by atoms with van der Waals surface area (Å²) in [6, 6.07) is 10.3. The summed E-state index contributed by atoms with van der Waals surface area (Å²) in [7, 11) is 0. The summed E-state index contributed by atoms with van der Waals surface area (Å²) in [6.45, 7) is 6.48. The number of benzene rings is 1. The summed E-state index contributed by atoms with van der Waals surface area (Å²) in [5.74, 6) is 0.299. The lowest BCUT2D eigenvalue weighted by Gasteiger charge is -2.31. The number of carbonyl (C=O) groups excluding carboxylic acids is 1. The minimum absolute atomic E-state index is 0.0231. The Bertz CT molecular complexity index is 575. The fraction of sp³-hybridized carbons (Fsp3) is 0.353. The first-order valence-corrected chi connectivity index (χ1v) is 6.48. The van der Waals surface area contributed by atoms with Crippen LogP contribution in [0.2, 0.25) is 0 Å². The normalized spacial score (nSPS) is 30.9. The average Bonchev–Trinajstić information content (AvgIpc) is 2.61. The van der Waals surface area contributed by atoms with Crippen LogP contribution in [0, 0.1) is 10.8 Å². The zero-order valence-electron chi connectivity index (χ0n) is 11.2. The minimum Gasteiger partial charge on any atom is -0.294 e. The summed E-state index contributed by atoms with van der Waals surface area (Å²) in [6.07, 6.45) is 4.96. The quantitative estimate of drug-likeness (QED) is 0.722. The summed E-state index contributed by atoms with van der Waals surface area (Å²) < 4.78 is 0. The van der Waals surface area contributed by atoms with Crippen molar-refractivity contribution in [3.8, 4) is 0 Å². The number of carbonyl (C=O) groups is 1. The summed E-state index contributed by atoms with van der Waals surface area (Å²) in [4.78, 5) is 12.1. The van der Waals surface area contributed by atoms with E-state index in [1.54, 1.807) is 0 Å². The van der Waals surface area contributed by atoms with E-state index in [0.29, 0.717) is 5.78 Å². The zero-order chi connectivity index (χ0) is 13.0. The molecule has 0 radical (unpaired) electrons. The Hall–Kier alpha value is -1.63.